The Hall–Kier alpha value is -2.08. The predicted molar refractivity (Wildman–Crippen MR) is 101 cm³/mol. The van der Waals surface area contributed by atoms with Crippen LogP contribution in [0.15, 0.2) is 28.8 Å². The Bertz CT molecular complexity index is 685. The minimum atomic E-state index is -0.0541. The van der Waals surface area contributed by atoms with Crippen molar-refractivity contribution >= 4 is 18.4 Å². The van der Waals surface area contributed by atoms with Gasteiger partial charge in [0.15, 0.2) is 5.96 Å². The summed E-state index contributed by atoms with van der Waals surface area (Å²) in [7, 11) is 0. The topological polar surface area (TPSA) is 92.0 Å². The summed E-state index contributed by atoms with van der Waals surface area (Å²) in [6, 6.07) is 8.33. The first kappa shape index (κ1) is 19.2. The van der Waals surface area contributed by atoms with Crippen LogP contribution >= 0.6 is 12.4 Å². The lowest BCUT2D eigenvalue weighted by atomic mass is 10.0. The Morgan fingerprint density at radius 1 is 1.28 bits per heavy atom. The zero-order valence-electron chi connectivity index (χ0n) is 14.6. The molecule has 1 unspecified atom stereocenters. The molecule has 0 aliphatic carbocycles. The summed E-state index contributed by atoms with van der Waals surface area (Å²) in [5.74, 6) is 1.19. The molecule has 136 valence electrons. The van der Waals surface area contributed by atoms with Gasteiger partial charge in [-0.25, -0.2) is 0 Å². The monoisotopic (exact) mass is 363 g/mol. The van der Waals surface area contributed by atoms with Crippen molar-refractivity contribution in [1.29, 1.82) is 5.41 Å². The number of unbranched alkanes of at least 4 members (excludes halogenated alkanes) is 3. The van der Waals surface area contributed by atoms with E-state index in [1.165, 1.54) is 31.2 Å². The maximum Gasteiger partial charge on any atom is 0.249 e. The number of benzene rings is 1. The average Bonchev–Trinajstić information content (AvgIpc) is 3.00. The molecule has 2 heterocycles. The Morgan fingerprint density at radius 3 is 2.64 bits per heavy atom. The lowest BCUT2D eigenvalue weighted by Gasteiger charge is -2.38. The molecule has 1 aliphatic rings. The third kappa shape index (κ3) is 4.51. The predicted octanol–water partition coefficient (Wildman–Crippen LogP) is 3.92. The Labute approximate surface area is 154 Å². The zero-order chi connectivity index (χ0) is 16.9. The molecule has 7 heteroatoms. The van der Waals surface area contributed by atoms with E-state index in [9.17, 15) is 0 Å². The number of nitrogens with two attached hydrogens (primary N) is 1. The highest BCUT2D eigenvalue weighted by molar-refractivity contribution is 5.85. The van der Waals surface area contributed by atoms with Crippen molar-refractivity contribution in [2.24, 2.45) is 5.73 Å². The van der Waals surface area contributed by atoms with Crippen LogP contribution in [0.2, 0.25) is 0 Å². The number of halogens is 1. The van der Waals surface area contributed by atoms with Crippen molar-refractivity contribution in [2.45, 2.75) is 51.5 Å². The third-order valence-electron chi connectivity index (χ3n) is 4.59. The van der Waals surface area contributed by atoms with Gasteiger partial charge in [-0.2, -0.15) is 4.98 Å². The highest BCUT2D eigenvalue weighted by Gasteiger charge is 2.35. The molecule has 0 amide bonds. The quantitative estimate of drug-likeness (QED) is 0.442. The number of nitrogens with zero attached hydrogens (tertiary/aromatic N) is 3. The first-order valence-corrected chi connectivity index (χ1v) is 8.72. The van der Waals surface area contributed by atoms with E-state index in [2.05, 4.69) is 29.2 Å². The molecular formula is C18H26ClN5O. The van der Waals surface area contributed by atoms with E-state index < -0.39 is 0 Å². The molecule has 0 saturated carbocycles. The van der Waals surface area contributed by atoms with E-state index in [0.717, 1.165) is 24.9 Å². The van der Waals surface area contributed by atoms with E-state index in [1.807, 2.05) is 12.1 Å². The summed E-state index contributed by atoms with van der Waals surface area (Å²) in [6.07, 6.45) is 7.11. The Balaban J connectivity index is 0.00000225. The molecule has 0 spiro atoms. The number of guanidine groups is 1. The minimum absolute atomic E-state index is 0. The summed E-state index contributed by atoms with van der Waals surface area (Å²) in [6.45, 7) is 3.00. The van der Waals surface area contributed by atoms with Crippen LogP contribution < -0.4 is 5.73 Å². The highest BCUT2D eigenvalue weighted by Crippen LogP contribution is 2.32. The molecule has 3 rings (SSSR count). The van der Waals surface area contributed by atoms with Crippen molar-refractivity contribution in [2.75, 3.05) is 6.54 Å². The molecule has 1 aromatic carbocycles. The summed E-state index contributed by atoms with van der Waals surface area (Å²) in [5.41, 5.74) is 7.84. The van der Waals surface area contributed by atoms with Gasteiger partial charge in [0.1, 0.15) is 6.04 Å². The van der Waals surface area contributed by atoms with Crippen molar-refractivity contribution in [3.63, 3.8) is 0 Å². The maximum absolute atomic E-state index is 7.52. The molecule has 25 heavy (non-hydrogen) atoms. The molecule has 2 aromatic rings. The van der Waals surface area contributed by atoms with Gasteiger partial charge in [0.25, 0.3) is 0 Å². The highest BCUT2D eigenvalue weighted by atomic mass is 35.5. The second-order valence-electron chi connectivity index (χ2n) is 6.35. The molecule has 1 saturated heterocycles. The fourth-order valence-electron chi connectivity index (χ4n) is 3.00. The van der Waals surface area contributed by atoms with Gasteiger partial charge >= 0.3 is 0 Å². The number of hydrogen-bond donors (Lipinski definition) is 2. The Kier molecular flexibility index (Phi) is 6.82. The lowest BCUT2D eigenvalue weighted by molar-refractivity contribution is 0.141. The molecule has 1 aliphatic heterocycles. The standard InChI is InChI=1S/C18H25N5O.ClH/c1-2-3-4-5-6-13-7-9-14(10-8-13)16-21-17(24-22-16)15-11-12-23(15)18(19)20;/h7-10,15H,2-6,11-12H2,1H3,(H3,19,20);1H. The fourth-order valence-corrected chi connectivity index (χ4v) is 3.00. The van der Waals surface area contributed by atoms with E-state index in [4.69, 9.17) is 15.7 Å². The molecule has 0 bridgehead atoms. The number of likely N-dealkylation sites (tertiary alicyclic amines) is 1. The molecule has 1 aromatic heterocycles. The molecule has 1 fully saturated rings. The van der Waals surface area contributed by atoms with Gasteiger partial charge in [-0.1, -0.05) is 55.6 Å². The zero-order valence-corrected chi connectivity index (χ0v) is 15.4. The van der Waals surface area contributed by atoms with E-state index in [1.54, 1.807) is 4.90 Å². The van der Waals surface area contributed by atoms with Crippen molar-refractivity contribution in [3.05, 3.63) is 35.7 Å². The van der Waals surface area contributed by atoms with Crippen LogP contribution in [0.3, 0.4) is 0 Å². The first-order valence-electron chi connectivity index (χ1n) is 8.72. The molecular weight excluding hydrogens is 338 g/mol. The number of hydrogen-bond acceptors (Lipinski definition) is 4. The fraction of sp³-hybridized carbons (Fsp3) is 0.500. The third-order valence-corrected chi connectivity index (χ3v) is 4.59. The van der Waals surface area contributed by atoms with Crippen LogP contribution in [0, 0.1) is 5.41 Å². The van der Waals surface area contributed by atoms with E-state index >= 15 is 0 Å². The Morgan fingerprint density at radius 2 is 2.04 bits per heavy atom. The number of nitrogens with one attached hydrogen (secondary N) is 1. The van der Waals surface area contributed by atoms with Crippen molar-refractivity contribution in [3.8, 4) is 11.4 Å². The van der Waals surface area contributed by atoms with Crippen LogP contribution in [0.4, 0.5) is 0 Å². The summed E-state index contributed by atoms with van der Waals surface area (Å²) in [4.78, 5) is 6.24. The average molecular weight is 364 g/mol. The molecule has 1 atom stereocenters. The van der Waals surface area contributed by atoms with Crippen LogP contribution in [0.1, 0.15) is 56.5 Å². The van der Waals surface area contributed by atoms with Gasteiger partial charge in [-0.15, -0.1) is 12.4 Å². The van der Waals surface area contributed by atoms with Crippen LogP contribution in [-0.2, 0) is 6.42 Å². The number of aryl methyl sites for hydroxylation is 1. The first-order chi connectivity index (χ1) is 11.7. The van der Waals surface area contributed by atoms with Gasteiger partial charge in [-0.05, 0) is 24.8 Å². The molecule has 3 N–H and O–H groups in total. The van der Waals surface area contributed by atoms with Crippen molar-refractivity contribution < 1.29 is 4.52 Å². The smallest absolute Gasteiger partial charge is 0.249 e. The summed E-state index contributed by atoms with van der Waals surface area (Å²) < 4.78 is 5.37. The van der Waals surface area contributed by atoms with Crippen LogP contribution in [0.5, 0.6) is 0 Å². The summed E-state index contributed by atoms with van der Waals surface area (Å²) >= 11 is 0. The second kappa shape index (κ2) is 8.85. The second-order valence-corrected chi connectivity index (χ2v) is 6.35. The van der Waals surface area contributed by atoms with Crippen molar-refractivity contribution in [1.82, 2.24) is 15.0 Å². The van der Waals surface area contributed by atoms with E-state index in [0.29, 0.717) is 11.7 Å². The van der Waals surface area contributed by atoms with Gasteiger partial charge in [0.2, 0.25) is 11.7 Å². The molecule has 6 nitrogen and oxygen atoms in total. The lowest BCUT2D eigenvalue weighted by Crippen LogP contribution is -2.48. The molecule has 0 radical (unpaired) electrons. The largest absolute Gasteiger partial charge is 0.370 e. The normalized spacial score (nSPS) is 16.2. The van der Waals surface area contributed by atoms with Gasteiger partial charge in [0.05, 0.1) is 0 Å². The SMILES string of the molecule is CCCCCCc1ccc(-c2noc(C3CCN3C(=N)N)n2)cc1.Cl. The van der Waals surface area contributed by atoms with Gasteiger partial charge < -0.3 is 15.2 Å². The van der Waals surface area contributed by atoms with Crippen LogP contribution in [0.25, 0.3) is 11.4 Å². The number of rotatable bonds is 7. The maximum atomic E-state index is 7.52. The summed E-state index contributed by atoms with van der Waals surface area (Å²) in [5, 5.41) is 11.6. The van der Waals surface area contributed by atoms with Crippen LogP contribution in [-0.4, -0.2) is 27.5 Å². The number of aromatic nitrogens is 2. The van der Waals surface area contributed by atoms with Gasteiger partial charge in [-0.3, -0.25) is 5.41 Å². The minimum Gasteiger partial charge on any atom is -0.370 e. The van der Waals surface area contributed by atoms with Gasteiger partial charge in [0, 0.05) is 12.1 Å². The van der Waals surface area contributed by atoms with E-state index in [-0.39, 0.29) is 24.4 Å².